The molecule has 2 aliphatic rings. The molecule has 2 saturated heterocycles. The van der Waals surface area contributed by atoms with Crippen LogP contribution in [0.2, 0.25) is 14.8 Å². The van der Waals surface area contributed by atoms with E-state index in [1.165, 1.54) is 0 Å². The van der Waals surface area contributed by atoms with Crippen LogP contribution in [0.25, 0.3) is 6.08 Å². The minimum absolute atomic E-state index is 0.0417. The van der Waals surface area contributed by atoms with Crippen LogP contribution in [0.4, 0.5) is 4.79 Å². The Balaban J connectivity index is 1.83. The second-order valence-electron chi connectivity index (χ2n) is 10.8. The molecule has 6 heteroatoms. The fraction of sp³-hybridized carbons (Fsp3) is 0.583. The van der Waals surface area contributed by atoms with Crippen molar-refractivity contribution in [1.29, 1.82) is 0 Å². The molecule has 30 heavy (non-hydrogen) atoms. The van der Waals surface area contributed by atoms with Gasteiger partial charge in [0, 0.05) is 0 Å². The summed E-state index contributed by atoms with van der Waals surface area (Å²) in [6, 6.07) is 8.05. The average molecular weight is 520 g/mol. The zero-order valence-corrected chi connectivity index (χ0v) is 21.9. The van der Waals surface area contributed by atoms with Crippen LogP contribution < -0.4 is 0 Å². The van der Waals surface area contributed by atoms with E-state index in [-0.39, 0.29) is 24.1 Å². The van der Waals surface area contributed by atoms with Gasteiger partial charge < -0.3 is 0 Å². The number of ether oxygens (including phenoxy) is 1. The zero-order chi connectivity index (χ0) is 22.3. The molecule has 1 N–H and O–H groups in total. The Morgan fingerprint density at radius 2 is 1.77 bits per heavy atom. The Morgan fingerprint density at radius 1 is 1.13 bits per heavy atom. The van der Waals surface area contributed by atoms with Crippen LogP contribution in [0.15, 0.2) is 28.4 Å². The van der Waals surface area contributed by atoms with Gasteiger partial charge in [0.25, 0.3) is 0 Å². The van der Waals surface area contributed by atoms with E-state index >= 15 is 0 Å². The number of nitrogens with zero attached hydrogens (tertiary/aromatic N) is 1. The molecule has 164 valence electrons. The summed E-state index contributed by atoms with van der Waals surface area (Å²) < 4.78 is 7.97. The van der Waals surface area contributed by atoms with Gasteiger partial charge in [0.15, 0.2) is 0 Å². The van der Waals surface area contributed by atoms with Gasteiger partial charge in [-0.2, -0.15) is 0 Å². The van der Waals surface area contributed by atoms with Crippen LogP contribution in [-0.2, 0) is 9.53 Å². The van der Waals surface area contributed by atoms with Crippen molar-refractivity contribution in [1.82, 2.24) is 4.90 Å². The molecular formula is C24H35NO4Sn. The molecule has 2 bridgehead atoms. The standard InChI is InChI=1S/C21H26NO4.3CH3.Sn/c1-5-13-6-8-14(9-7-13)16-12-15-10-11-17(18(16)19(23)24)22(15)20(25)26-21(2,3)4;;;;/h1,5-9,15-18H,10-12H2,2-4H3,(H,23,24);3*1H3;/t15-,16+,17+,18-;;;;/m0..../s1. The number of carbonyl (C=O) groups excluding carboxylic acids is 1. The van der Waals surface area contributed by atoms with E-state index in [1.54, 1.807) is 4.90 Å². The van der Waals surface area contributed by atoms with Gasteiger partial charge in [0.2, 0.25) is 0 Å². The Bertz CT molecular complexity index is 819. The molecule has 0 aliphatic carbocycles. The van der Waals surface area contributed by atoms with Gasteiger partial charge in [-0.15, -0.1) is 0 Å². The van der Waals surface area contributed by atoms with Gasteiger partial charge in [-0.05, 0) is 20.8 Å². The number of hydrogen-bond acceptors (Lipinski definition) is 3. The molecular weight excluding hydrogens is 485 g/mol. The molecule has 0 radical (unpaired) electrons. The molecule has 2 aliphatic heterocycles. The maximum absolute atomic E-state index is 12.8. The van der Waals surface area contributed by atoms with E-state index in [9.17, 15) is 14.7 Å². The summed E-state index contributed by atoms with van der Waals surface area (Å²) in [7, 11) is 0. The summed E-state index contributed by atoms with van der Waals surface area (Å²) in [5.74, 6) is -1.52. The SMILES string of the molecule is CC(C)(C)OC(=O)N1[C@H]2CC[C@@H]1[C@@H](C(=O)O)[C@@H](c1ccc(/C=[CH]\[Sn]([CH3])([CH3])[CH3])cc1)C2. The van der Waals surface area contributed by atoms with Crippen LogP contribution in [0, 0.1) is 5.92 Å². The summed E-state index contributed by atoms with van der Waals surface area (Å²) in [4.78, 5) is 33.9. The molecule has 0 aromatic heterocycles. The molecule has 1 amide bonds. The third-order valence-electron chi connectivity index (χ3n) is 5.95. The molecule has 3 rings (SSSR count). The Hall–Kier alpha value is -1.50. The predicted molar refractivity (Wildman–Crippen MR) is 122 cm³/mol. The number of rotatable bonds is 4. The van der Waals surface area contributed by atoms with Crippen molar-refractivity contribution >= 4 is 36.5 Å². The number of carboxylic acid groups (broad SMARTS) is 1. The van der Waals surface area contributed by atoms with Crippen molar-refractivity contribution < 1.29 is 19.4 Å². The first kappa shape index (κ1) is 23.2. The van der Waals surface area contributed by atoms with Gasteiger partial charge in [0.1, 0.15) is 5.60 Å². The van der Waals surface area contributed by atoms with Gasteiger partial charge in [-0.25, -0.2) is 0 Å². The number of amides is 1. The van der Waals surface area contributed by atoms with Crippen molar-refractivity contribution in [2.75, 3.05) is 0 Å². The molecule has 2 heterocycles. The summed E-state index contributed by atoms with van der Waals surface area (Å²) in [6.45, 7) is 5.52. The quantitative estimate of drug-likeness (QED) is 0.531. The minimum atomic E-state index is -1.97. The first-order valence-corrected chi connectivity index (χ1v) is 21.1. The zero-order valence-electron chi connectivity index (χ0n) is 19.0. The number of carboxylic acids is 1. The number of fused-ring (bicyclic) bond motifs is 2. The molecule has 0 saturated carbocycles. The van der Waals surface area contributed by atoms with E-state index in [0.29, 0.717) is 6.42 Å². The van der Waals surface area contributed by atoms with Crippen LogP contribution >= 0.6 is 0 Å². The van der Waals surface area contributed by atoms with Crippen LogP contribution in [0.5, 0.6) is 0 Å². The first-order valence-electron chi connectivity index (χ1n) is 10.9. The van der Waals surface area contributed by atoms with Crippen LogP contribution in [-0.4, -0.2) is 58.1 Å². The molecule has 0 spiro atoms. The third-order valence-corrected chi connectivity index (χ3v) is 9.28. The first-order chi connectivity index (χ1) is 13.9. The Labute approximate surface area is 184 Å². The third kappa shape index (κ3) is 5.40. The van der Waals surface area contributed by atoms with Gasteiger partial charge >= 0.3 is 158 Å². The van der Waals surface area contributed by atoms with E-state index in [4.69, 9.17) is 4.74 Å². The molecule has 2 fully saturated rings. The van der Waals surface area contributed by atoms with Crippen molar-refractivity contribution in [3.05, 3.63) is 39.5 Å². The molecule has 4 atom stereocenters. The summed E-state index contributed by atoms with van der Waals surface area (Å²) in [5.41, 5.74) is 1.62. The molecule has 0 unspecified atom stereocenters. The number of aliphatic carboxylic acids is 1. The molecule has 5 nitrogen and oxygen atoms in total. The topological polar surface area (TPSA) is 66.8 Å². The van der Waals surface area contributed by atoms with E-state index in [0.717, 1.165) is 24.0 Å². The normalized spacial score (nSPS) is 26.8. The predicted octanol–water partition coefficient (Wildman–Crippen LogP) is 5.53. The second-order valence-corrected chi connectivity index (χ2v) is 25.2. The van der Waals surface area contributed by atoms with E-state index < -0.39 is 35.9 Å². The van der Waals surface area contributed by atoms with Crippen molar-refractivity contribution in [3.8, 4) is 0 Å². The monoisotopic (exact) mass is 521 g/mol. The van der Waals surface area contributed by atoms with Crippen LogP contribution in [0.1, 0.15) is 57.1 Å². The average Bonchev–Trinajstić information content (AvgIpc) is 2.91. The number of carbonyl (C=O) groups is 2. The van der Waals surface area contributed by atoms with Crippen molar-refractivity contribution in [3.63, 3.8) is 0 Å². The van der Waals surface area contributed by atoms with E-state index in [1.807, 2.05) is 20.8 Å². The summed E-state index contributed by atoms with van der Waals surface area (Å²) in [5, 5.41) is 10.1. The number of benzene rings is 1. The van der Waals surface area contributed by atoms with Crippen LogP contribution in [0.3, 0.4) is 0 Å². The van der Waals surface area contributed by atoms with Gasteiger partial charge in [-0.3, -0.25) is 0 Å². The van der Waals surface area contributed by atoms with Gasteiger partial charge in [0.05, 0.1) is 0 Å². The van der Waals surface area contributed by atoms with E-state index in [2.05, 4.69) is 49.3 Å². The Kier molecular flexibility index (Phi) is 6.61. The van der Waals surface area contributed by atoms with Crippen molar-refractivity contribution in [2.24, 2.45) is 5.92 Å². The summed E-state index contributed by atoms with van der Waals surface area (Å²) >= 11 is -1.97. The summed E-state index contributed by atoms with van der Waals surface area (Å²) in [6.07, 6.45) is 4.04. The number of piperidine rings is 1. The van der Waals surface area contributed by atoms with Gasteiger partial charge in [-0.1, -0.05) is 0 Å². The maximum atomic E-state index is 12.8. The second kappa shape index (κ2) is 8.56. The number of hydrogen-bond donors (Lipinski definition) is 1. The fourth-order valence-electron chi connectivity index (χ4n) is 4.68. The Morgan fingerprint density at radius 3 is 2.30 bits per heavy atom. The van der Waals surface area contributed by atoms with Crippen molar-refractivity contribution in [2.45, 2.75) is 78.5 Å². The molecule has 1 aromatic carbocycles. The molecule has 1 aromatic rings. The fourth-order valence-corrected chi connectivity index (χ4v) is 6.66.